The highest BCUT2D eigenvalue weighted by Crippen LogP contribution is 2.21. The first-order chi connectivity index (χ1) is 12.2. The van der Waals surface area contributed by atoms with Crippen molar-refractivity contribution in [3.05, 3.63) is 83.7 Å². The summed E-state index contributed by atoms with van der Waals surface area (Å²) < 4.78 is 0. The van der Waals surface area contributed by atoms with Crippen molar-refractivity contribution in [1.82, 2.24) is 4.98 Å². The molecular formula is C21H21N3O. The molecule has 0 aliphatic carbocycles. The Bertz CT molecular complexity index is 872. The normalized spacial score (nSPS) is 10.3. The van der Waals surface area contributed by atoms with E-state index in [2.05, 4.69) is 28.6 Å². The molecule has 0 saturated heterocycles. The number of anilines is 3. The molecule has 0 saturated carbocycles. The van der Waals surface area contributed by atoms with Gasteiger partial charge in [0.25, 0.3) is 5.91 Å². The predicted molar refractivity (Wildman–Crippen MR) is 102 cm³/mol. The van der Waals surface area contributed by atoms with Crippen molar-refractivity contribution in [1.29, 1.82) is 0 Å². The van der Waals surface area contributed by atoms with Crippen molar-refractivity contribution in [3.8, 4) is 0 Å². The van der Waals surface area contributed by atoms with Gasteiger partial charge < -0.3 is 10.6 Å². The zero-order valence-corrected chi connectivity index (χ0v) is 14.4. The Kier molecular flexibility index (Phi) is 5.09. The SMILES string of the molecule is CCc1ccccc1Nc1ccc(C(=O)Nc2ccccc2C)nc1. The van der Waals surface area contributed by atoms with E-state index in [9.17, 15) is 4.79 Å². The number of rotatable bonds is 5. The summed E-state index contributed by atoms with van der Waals surface area (Å²) in [4.78, 5) is 16.6. The number of pyridine rings is 1. The number of amides is 1. The Morgan fingerprint density at radius 3 is 2.36 bits per heavy atom. The number of benzene rings is 2. The number of hydrogen-bond donors (Lipinski definition) is 2. The number of carbonyl (C=O) groups excluding carboxylic acids is 1. The van der Waals surface area contributed by atoms with E-state index in [-0.39, 0.29) is 5.91 Å². The van der Waals surface area contributed by atoms with Crippen LogP contribution in [-0.4, -0.2) is 10.9 Å². The standard InChI is InChI=1S/C21H21N3O/c1-3-16-9-5-7-11-19(16)23-17-12-13-20(22-14-17)21(25)24-18-10-6-4-8-15(18)2/h4-14,23H,3H2,1-2H3,(H,24,25). The monoisotopic (exact) mass is 331 g/mol. The summed E-state index contributed by atoms with van der Waals surface area (Å²) in [5.41, 5.74) is 5.36. The zero-order chi connectivity index (χ0) is 17.6. The van der Waals surface area contributed by atoms with E-state index in [0.717, 1.165) is 29.0 Å². The van der Waals surface area contributed by atoms with Crippen molar-refractivity contribution in [3.63, 3.8) is 0 Å². The molecule has 0 radical (unpaired) electrons. The number of para-hydroxylation sites is 2. The van der Waals surface area contributed by atoms with Crippen LogP contribution in [0.5, 0.6) is 0 Å². The van der Waals surface area contributed by atoms with E-state index < -0.39 is 0 Å². The van der Waals surface area contributed by atoms with Crippen LogP contribution >= 0.6 is 0 Å². The maximum absolute atomic E-state index is 12.3. The van der Waals surface area contributed by atoms with Crippen molar-refractivity contribution in [2.24, 2.45) is 0 Å². The van der Waals surface area contributed by atoms with E-state index in [4.69, 9.17) is 0 Å². The van der Waals surface area contributed by atoms with Crippen LogP contribution in [0.25, 0.3) is 0 Å². The van der Waals surface area contributed by atoms with Gasteiger partial charge in [-0.25, -0.2) is 4.98 Å². The van der Waals surface area contributed by atoms with Gasteiger partial charge >= 0.3 is 0 Å². The Morgan fingerprint density at radius 1 is 0.960 bits per heavy atom. The summed E-state index contributed by atoms with van der Waals surface area (Å²) in [6.45, 7) is 4.08. The lowest BCUT2D eigenvalue weighted by Crippen LogP contribution is -2.14. The Morgan fingerprint density at radius 2 is 1.68 bits per heavy atom. The molecule has 3 rings (SSSR count). The summed E-state index contributed by atoms with van der Waals surface area (Å²) in [5.74, 6) is -0.213. The maximum Gasteiger partial charge on any atom is 0.274 e. The van der Waals surface area contributed by atoms with Crippen LogP contribution in [0.3, 0.4) is 0 Å². The zero-order valence-electron chi connectivity index (χ0n) is 14.4. The van der Waals surface area contributed by atoms with Gasteiger partial charge in [-0.2, -0.15) is 0 Å². The first kappa shape index (κ1) is 16.7. The maximum atomic E-state index is 12.3. The first-order valence-corrected chi connectivity index (χ1v) is 8.35. The van der Waals surface area contributed by atoms with Gasteiger partial charge in [-0.1, -0.05) is 43.3 Å². The minimum Gasteiger partial charge on any atom is -0.354 e. The van der Waals surface area contributed by atoms with Gasteiger partial charge in [-0.15, -0.1) is 0 Å². The molecule has 4 heteroatoms. The van der Waals surface area contributed by atoms with Crippen molar-refractivity contribution in [2.45, 2.75) is 20.3 Å². The van der Waals surface area contributed by atoms with E-state index in [1.807, 2.05) is 55.5 Å². The van der Waals surface area contributed by atoms with E-state index in [0.29, 0.717) is 5.69 Å². The molecule has 0 spiro atoms. The van der Waals surface area contributed by atoms with Crippen molar-refractivity contribution in [2.75, 3.05) is 10.6 Å². The number of carbonyl (C=O) groups is 1. The quantitative estimate of drug-likeness (QED) is 0.695. The lowest BCUT2D eigenvalue weighted by Gasteiger charge is -2.11. The summed E-state index contributed by atoms with van der Waals surface area (Å²) in [5, 5.41) is 6.25. The third-order valence-electron chi connectivity index (χ3n) is 4.07. The molecule has 0 fully saturated rings. The van der Waals surface area contributed by atoms with Crippen LogP contribution in [0.15, 0.2) is 66.9 Å². The highest BCUT2D eigenvalue weighted by Gasteiger charge is 2.09. The molecule has 1 amide bonds. The molecule has 0 bridgehead atoms. The van der Waals surface area contributed by atoms with Crippen LogP contribution in [0.1, 0.15) is 28.5 Å². The van der Waals surface area contributed by atoms with Gasteiger partial charge in [0.15, 0.2) is 0 Å². The fraction of sp³-hybridized carbons (Fsp3) is 0.143. The number of aromatic nitrogens is 1. The lowest BCUT2D eigenvalue weighted by molar-refractivity contribution is 0.102. The predicted octanol–water partition coefficient (Wildman–Crippen LogP) is 4.95. The van der Waals surface area contributed by atoms with E-state index in [1.54, 1.807) is 12.3 Å². The smallest absolute Gasteiger partial charge is 0.274 e. The molecule has 126 valence electrons. The van der Waals surface area contributed by atoms with Crippen LogP contribution in [0, 0.1) is 6.92 Å². The van der Waals surface area contributed by atoms with Crippen LogP contribution in [0.4, 0.5) is 17.1 Å². The van der Waals surface area contributed by atoms with Crippen molar-refractivity contribution < 1.29 is 4.79 Å². The first-order valence-electron chi connectivity index (χ1n) is 8.35. The second kappa shape index (κ2) is 7.62. The average Bonchev–Trinajstić information content (AvgIpc) is 2.64. The number of aryl methyl sites for hydroxylation is 2. The molecule has 3 aromatic rings. The molecule has 2 aromatic carbocycles. The van der Waals surface area contributed by atoms with Gasteiger partial charge in [-0.05, 0) is 48.7 Å². The number of nitrogens with zero attached hydrogens (tertiary/aromatic N) is 1. The summed E-state index contributed by atoms with van der Waals surface area (Å²) in [7, 11) is 0. The van der Waals surface area contributed by atoms with Crippen LogP contribution in [0.2, 0.25) is 0 Å². The lowest BCUT2D eigenvalue weighted by atomic mass is 10.1. The molecule has 4 nitrogen and oxygen atoms in total. The third-order valence-corrected chi connectivity index (χ3v) is 4.07. The van der Waals surface area contributed by atoms with Gasteiger partial charge in [0.1, 0.15) is 5.69 Å². The average molecular weight is 331 g/mol. The minimum atomic E-state index is -0.213. The molecule has 1 aromatic heterocycles. The Balaban J connectivity index is 1.72. The molecular weight excluding hydrogens is 310 g/mol. The molecule has 0 aliphatic heterocycles. The summed E-state index contributed by atoms with van der Waals surface area (Å²) >= 11 is 0. The largest absolute Gasteiger partial charge is 0.354 e. The third kappa shape index (κ3) is 4.04. The molecule has 0 unspecified atom stereocenters. The van der Waals surface area contributed by atoms with Crippen LogP contribution in [-0.2, 0) is 6.42 Å². The van der Waals surface area contributed by atoms with E-state index in [1.165, 1.54) is 5.56 Å². The van der Waals surface area contributed by atoms with Crippen molar-refractivity contribution >= 4 is 23.0 Å². The Hall–Kier alpha value is -3.14. The van der Waals surface area contributed by atoms with E-state index >= 15 is 0 Å². The van der Waals surface area contributed by atoms with Gasteiger partial charge in [0.2, 0.25) is 0 Å². The second-order valence-corrected chi connectivity index (χ2v) is 5.84. The number of nitrogens with one attached hydrogen (secondary N) is 2. The fourth-order valence-corrected chi connectivity index (χ4v) is 2.61. The molecule has 2 N–H and O–H groups in total. The topological polar surface area (TPSA) is 54.0 Å². The highest BCUT2D eigenvalue weighted by molar-refractivity contribution is 6.03. The minimum absolute atomic E-state index is 0.213. The summed E-state index contributed by atoms with van der Waals surface area (Å²) in [6.07, 6.45) is 2.63. The van der Waals surface area contributed by atoms with Crippen LogP contribution < -0.4 is 10.6 Å². The molecule has 1 heterocycles. The molecule has 25 heavy (non-hydrogen) atoms. The van der Waals surface area contributed by atoms with Gasteiger partial charge in [0.05, 0.1) is 11.9 Å². The fourth-order valence-electron chi connectivity index (χ4n) is 2.61. The molecule has 0 atom stereocenters. The summed E-state index contributed by atoms with van der Waals surface area (Å²) in [6, 6.07) is 19.4. The Labute approximate surface area is 147 Å². The van der Waals surface area contributed by atoms with Gasteiger partial charge in [0, 0.05) is 11.4 Å². The highest BCUT2D eigenvalue weighted by atomic mass is 16.1. The van der Waals surface area contributed by atoms with Gasteiger partial charge in [-0.3, -0.25) is 4.79 Å². The second-order valence-electron chi connectivity index (χ2n) is 5.84. The number of hydrogen-bond acceptors (Lipinski definition) is 3. The molecule has 0 aliphatic rings.